The number of nitrogens with two attached hydrogens (primary N) is 1. The first-order valence-corrected chi connectivity index (χ1v) is 12.6. The molecule has 1 aromatic rings. The van der Waals surface area contributed by atoms with Crippen molar-refractivity contribution in [1.29, 1.82) is 0 Å². The van der Waals surface area contributed by atoms with Gasteiger partial charge in [0, 0.05) is 32.1 Å². The summed E-state index contributed by atoms with van der Waals surface area (Å²) >= 11 is 6.03. The largest absolute Gasteiger partial charge is 0.379 e. The van der Waals surface area contributed by atoms with Crippen LogP contribution in [-0.2, 0) is 19.1 Å². The lowest BCUT2D eigenvalue weighted by molar-refractivity contribution is -0.126. The highest BCUT2D eigenvalue weighted by atomic mass is 35.5. The van der Waals surface area contributed by atoms with Crippen molar-refractivity contribution < 1.29 is 23.5 Å². The van der Waals surface area contributed by atoms with Crippen LogP contribution in [0, 0.1) is 17.7 Å². The number of ether oxygens (including phenoxy) is 1. The molecule has 0 bridgehead atoms. The molecule has 5 N–H and O–H groups in total. The second kappa shape index (κ2) is 11.6. The Kier molecular flexibility index (Phi) is 8.55. The van der Waals surface area contributed by atoms with Gasteiger partial charge in [0.25, 0.3) is 5.91 Å². The number of primary amides is 1. The summed E-state index contributed by atoms with van der Waals surface area (Å²) in [5.74, 6) is -2.34. The summed E-state index contributed by atoms with van der Waals surface area (Å²) in [6.07, 6.45) is 2.01. The van der Waals surface area contributed by atoms with Gasteiger partial charge in [-0.25, -0.2) is 4.39 Å². The molecule has 10 nitrogen and oxygen atoms in total. The number of halogens is 2. The Balaban J connectivity index is 1.35. The molecule has 1 saturated heterocycles. The summed E-state index contributed by atoms with van der Waals surface area (Å²) in [6.45, 7) is 4.20. The van der Waals surface area contributed by atoms with Gasteiger partial charge in [0.2, 0.25) is 11.8 Å². The number of carbonyl (C=O) groups is 3. The number of hydrogen-bond acceptors (Lipinski definition) is 7. The number of anilines is 1. The number of benzene rings is 1. The van der Waals surface area contributed by atoms with E-state index in [9.17, 15) is 18.8 Å². The third-order valence-electron chi connectivity index (χ3n) is 7.29. The van der Waals surface area contributed by atoms with Crippen molar-refractivity contribution in [2.24, 2.45) is 22.6 Å². The van der Waals surface area contributed by atoms with Crippen molar-refractivity contribution in [2.45, 2.75) is 31.2 Å². The highest BCUT2D eigenvalue weighted by Gasteiger charge is 2.54. The molecule has 1 aliphatic carbocycles. The molecule has 1 atom stereocenters. The van der Waals surface area contributed by atoms with E-state index in [4.69, 9.17) is 22.1 Å². The minimum Gasteiger partial charge on any atom is -0.379 e. The molecule has 0 radical (unpaired) electrons. The maximum atomic E-state index is 13.3. The van der Waals surface area contributed by atoms with Crippen LogP contribution in [0.15, 0.2) is 23.2 Å². The van der Waals surface area contributed by atoms with Gasteiger partial charge in [-0.15, -0.1) is 0 Å². The number of hydrogen-bond donors (Lipinski definition) is 4. The first kappa shape index (κ1) is 26.5. The Labute approximate surface area is 214 Å². The minimum absolute atomic E-state index is 0.114. The van der Waals surface area contributed by atoms with Crippen molar-refractivity contribution in [3.63, 3.8) is 0 Å². The lowest BCUT2D eigenvalue weighted by Crippen LogP contribution is -2.66. The number of carbonyl (C=O) groups excluding carboxylic acids is 3. The van der Waals surface area contributed by atoms with Crippen molar-refractivity contribution in [1.82, 2.24) is 15.5 Å². The summed E-state index contributed by atoms with van der Waals surface area (Å²) in [7, 11) is 0. The molecule has 0 spiro atoms. The number of morpholine rings is 1. The number of nitrogens with one attached hydrogen (secondary N) is 3. The van der Waals surface area contributed by atoms with Crippen LogP contribution in [-0.4, -0.2) is 79.9 Å². The molecule has 1 saturated carbocycles. The second-order valence-corrected chi connectivity index (χ2v) is 9.79. The SMILES string of the molecule is NC(=O)C1(C2CCC(C(=O)Nc3ccc(F)cc3Cl)CC2)NCN=C1C(=O)NCCN1CCOCC1. The number of nitrogens with zero attached hydrogens (tertiary/aromatic N) is 2. The molecule has 1 aromatic carbocycles. The third kappa shape index (κ3) is 5.69. The van der Waals surface area contributed by atoms with Crippen LogP contribution < -0.4 is 21.7 Å². The molecule has 3 amide bonds. The van der Waals surface area contributed by atoms with Crippen LogP contribution >= 0.6 is 11.6 Å². The van der Waals surface area contributed by atoms with Crippen LogP contribution in [0.2, 0.25) is 5.02 Å². The molecular weight excluding hydrogens is 491 g/mol. The fourth-order valence-electron chi connectivity index (χ4n) is 5.30. The Hall–Kier alpha value is -2.60. The monoisotopic (exact) mass is 522 g/mol. The molecule has 4 rings (SSSR count). The lowest BCUT2D eigenvalue weighted by Gasteiger charge is -2.39. The van der Waals surface area contributed by atoms with E-state index in [1.165, 1.54) is 12.1 Å². The second-order valence-electron chi connectivity index (χ2n) is 9.39. The summed E-state index contributed by atoms with van der Waals surface area (Å²) in [5.41, 5.74) is 4.94. The fourth-order valence-corrected chi connectivity index (χ4v) is 5.51. The van der Waals surface area contributed by atoms with Crippen LogP contribution in [0.5, 0.6) is 0 Å². The molecule has 3 aliphatic rings. The zero-order valence-electron chi connectivity index (χ0n) is 20.0. The highest BCUT2D eigenvalue weighted by Crippen LogP contribution is 2.38. The normalized spacial score (nSPS) is 26.8. The Morgan fingerprint density at radius 3 is 2.61 bits per heavy atom. The van der Waals surface area contributed by atoms with Gasteiger partial charge in [-0.3, -0.25) is 29.6 Å². The summed E-state index contributed by atoms with van der Waals surface area (Å²) in [5, 5.41) is 8.85. The molecule has 2 fully saturated rings. The highest BCUT2D eigenvalue weighted by molar-refractivity contribution is 6.47. The van der Waals surface area contributed by atoms with Gasteiger partial charge in [-0.2, -0.15) is 0 Å². The number of rotatable bonds is 8. The first-order valence-electron chi connectivity index (χ1n) is 12.3. The van der Waals surface area contributed by atoms with Crippen LogP contribution in [0.1, 0.15) is 25.7 Å². The van der Waals surface area contributed by atoms with Gasteiger partial charge in [0.15, 0.2) is 0 Å². The van der Waals surface area contributed by atoms with Crippen LogP contribution in [0.4, 0.5) is 10.1 Å². The van der Waals surface area contributed by atoms with E-state index in [0.717, 1.165) is 19.2 Å². The quantitative estimate of drug-likeness (QED) is 0.400. The molecule has 2 aliphatic heterocycles. The topological polar surface area (TPSA) is 138 Å². The van der Waals surface area contributed by atoms with E-state index in [2.05, 4.69) is 25.8 Å². The van der Waals surface area contributed by atoms with Gasteiger partial charge in [0.1, 0.15) is 17.1 Å². The fraction of sp³-hybridized carbons (Fsp3) is 0.583. The average Bonchev–Trinajstić information content (AvgIpc) is 3.33. The molecule has 196 valence electrons. The molecule has 12 heteroatoms. The van der Waals surface area contributed by atoms with E-state index in [1.54, 1.807) is 0 Å². The van der Waals surface area contributed by atoms with E-state index >= 15 is 0 Å². The number of aliphatic imine (C=N–C) groups is 1. The van der Waals surface area contributed by atoms with E-state index in [0.29, 0.717) is 57.7 Å². The summed E-state index contributed by atoms with van der Waals surface area (Å²) < 4.78 is 18.6. The van der Waals surface area contributed by atoms with E-state index in [1.807, 2.05) is 0 Å². The standard InChI is InChI=1S/C24H32ClFN6O4/c25-18-13-17(26)5-6-19(18)31-21(33)15-1-3-16(4-2-15)24(23(27)35)20(29-14-30-24)22(34)28-7-8-32-9-11-36-12-10-32/h5-6,13,15-16,30H,1-4,7-12,14H2,(H2,27,35)(H,28,34)(H,31,33). The molecular formula is C24H32ClFN6O4. The molecule has 2 heterocycles. The predicted octanol–water partition coefficient (Wildman–Crippen LogP) is 0.898. The van der Waals surface area contributed by atoms with Crippen LogP contribution in [0.25, 0.3) is 0 Å². The summed E-state index contributed by atoms with van der Waals surface area (Å²) in [4.78, 5) is 45.1. The van der Waals surface area contributed by atoms with Gasteiger partial charge in [-0.1, -0.05) is 11.6 Å². The zero-order valence-corrected chi connectivity index (χ0v) is 20.8. The van der Waals surface area contributed by atoms with Gasteiger partial charge in [-0.05, 0) is 49.8 Å². The van der Waals surface area contributed by atoms with Gasteiger partial charge >= 0.3 is 0 Å². The molecule has 0 aromatic heterocycles. The minimum atomic E-state index is -1.37. The third-order valence-corrected chi connectivity index (χ3v) is 7.60. The number of amides is 3. The Morgan fingerprint density at radius 2 is 1.94 bits per heavy atom. The van der Waals surface area contributed by atoms with Crippen molar-refractivity contribution in [2.75, 3.05) is 51.4 Å². The van der Waals surface area contributed by atoms with Gasteiger partial charge < -0.3 is 21.1 Å². The van der Waals surface area contributed by atoms with E-state index in [-0.39, 0.29) is 35.1 Å². The lowest BCUT2D eigenvalue weighted by atomic mass is 9.69. The van der Waals surface area contributed by atoms with Crippen molar-refractivity contribution in [3.05, 3.63) is 29.0 Å². The summed E-state index contributed by atoms with van der Waals surface area (Å²) in [6, 6.07) is 3.79. The van der Waals surface area contributed by atoms with Crippen LogP contribution in [0.3, 0.4) is 0 Å². The maximum Gasteiger partial charge on any atom is 0.267 e. The van der Waals surface area contributed by atoms with Crippen molar-refractivity contribution in [3.8, 4) is 0 Å². The maximum absolute atomic E-state index is 13.3. The van der Waals surface area contributed by atoms with Gasteiger partial charge in [0.05, 0.1) is 30.6 Å². The smallest absolute Gasteiger partial charge is 0.267 e. The average molecular weight is 523 g/mol. The van der Waals surface area contributed by atoms with Crippen molar-refractivity contribution >= 4 is 40.7 Å². The van der Waals surface area contributed by atoms with E-state index < -0.39 is 23.2 Å². The predicted molar refractivity (Wildman–Crippen MR) is 133 cm³/mol. The zero-order chi connectivity index (χ0) is 25.7. The Morgan fingerprint density at radius 1 is 1.22 bits per heavy atom. The first-order chi connectivity index (χ1) is 17.3. The molecule has 1 unspecified atom stereocenters. The Bertz CT molecular complexity index is 1030. The molecule has 36 heavy (non-hydrogen) atoms.